The van der Waals surface area contributed by atoms with Gasteiger partial charge in [0.25, 0.3) is 0 Å². The summed E-state index contributed by atoms with van der Waals surface area (Å²) in [5.74, 6) is 0.123. The molecule has 0 aliphatic carbocycles. The van der Waals surface area contributed by atoms with Gasteiger partial charge in [-0.1, -0.05) is 11.6 Å². The van der Waals surface area contributed by atoms with Crippen molar-refractivity contribution in [1.29, 1.82) is 0 Å². The van der Waals surface area contributed by atoms with Gasteiger partial charge in [-0.3, -0.25) is 4.79 Å². The van der Waals surface area contributed by atoms with Gasteiger partial charge in [0, 0.05) is 22.8 Å². The molecule has 0 aliphatic heterocycles. The molecule has 3 nitrogen and oxygen atoms in total. The number of alkyl halides is 3. The van der Waals surface area contributed by atoms with E-state index >= 15 is 0 Å². The van der Waals surface area contributed by atoms with Crippen LogP contribution in [-0.2, 0) is 6.18 Å². The smallest absolute Gasteiger partial charge is 0.417 e. The number of pyridine rings is 1. The number of nitrogens with one attached hydrogen (secondary N) is 1. The van der Waals surface area contributed by atoms with Crippen LogP contribution in [0.2, 0.25) is 5.02 Å². The molecule has 1 heterocycles. The van der Waals surface area contributed by atoms with Gasteiger partial charge in [0.2, 0.25) is 5.56 Å². The van der Waals surface area contributed by atoms with Crippen molar-refractivity contribution in [3.63, 3.8) is 0 Å². The lowest BCUT2D eigenvalue weighted by Gasteiger charge is -2.15. The van der Waals surface area contributed by atoms with E-state index in [1.165, 1.54) is 13.3 Å². The number of hydrogen-bond donors (Lipinski definition) is 1. The normalized spacial score (nSPS) is 11.4. The molecule has 0 aliphatic rings. The number of H-pyrrole nitrogens is 1. The van der Waals surface area contributed by atoms with Crippen molar-refractivity contribution in [2.75, 3.05) is 7.11 Å². The molecule has 1 N–H and O–H groups in total. The summed E-state index contributed by atoms with van der Waals surface area (Å²) in [7, 11) is 1.30. The molecule has 2 rings (SSSR count). The second-order valence-corrected chi connectivity index (χ2v) is 4.40. The number of ether oxygens (including phenoxy) is 1. The fraction of sp³-hybridized carbons (Fsp3) is 0.154. The van der Waals surface area contributed by atoms with E-state index in [-0.39, 0.29) is 21.9 Å². The first-order valence-corrected chi connectivity index (χ1v) is 5.84. The maximum Gasteiger partial charge on any atom is 0.417 e. The van der Waals surface area contributed by atoms with Crippen LogP contribution in [0.3, 0.4) is 0 Å². The van der Waals surface area contributed by atoms with Gasteiger partial charge in [0.15, 0.2) is 0 Å². The number of methoxy groups -OCH3 is 1. The van der Waals surface area contributed by atoms with Gasteiger partial charge in [-0.25, -0.2) is 0 Å². The molecule has 0 fully saturated rings. The fourth-order valence-electron chi connectivity index (χ4n) is 1.82. The highest BCUT2D eigenvalue weighted by Crippen LogP contribution is 2.40. The number of halogens is 4. The zero-order valence-electron chi connectivity index (χ0n) is 10.2. The molecule has 0 amide bonds. The molecule has 0 radical (unpaired) electrons. The molecule has 20 heavy (non-hydrogen) atoms. The van der Waals surface area contributed by atoms with E-state index in [0.717, 1.165) is 24.3 Å². The van der Waals surface area contributed by atoms with Crippen molar-refractivity contribution in [2.24, 2.45) is 0 Å². The highest BCUT2D eigenvalue weighted by Gasteiger charge is 2.34. The fourth-order valence-corrected chi connectivity index (χ4v) is 2.00. The van der Waals surface area contributed by atoms with Crippen molar-refractivity contribution >= 4 is 11.6 Å². The Labute approximate surface area is 117 Å². The van der Waals surface area contributed by atoms with E-state index in [4.69, 9.17) is 16.3 Å². The van der Waals surface area contributed by atoms with E-state index in [1.807, 2.05) is 0 Å². The predicted octanol–water partition coefficient (Wildman–Crippen LogP) is 3.72. The van der Waals surface area contributed by atoms with Gasteiger partial charge in [-0.2, -0.15) is 13.2 Å². The zero-order chi connectivity index (χ0) is 14.9. The average molecular weight is 304 g/mol. The first kappa shape index (κ1) is 14.5. The molecule has 0 saturated heterocycles. The van der Waals surface area contributed by atoms with Crippen LogP contribution in [0.25, 0.3) is 11.1 Å². The minimum absolute atomic E-state index is 0.0334. The van der Waals surface area contributed by atoms with Crippen LogP contribution in [0, 0.1) is 0 Å². The van der Waals surface area contributed by atoms with Crippen LogP contribution < -0.4 is 10.3 Å². The monoisotopic (exact) mass is 303 g/mol. The first-order chi connectivity index (χ1) is 9.32. The number of rotatable bonds is 2. The summed E-state index contributed by atoms with van der Waals surface area (Å²) in [6, 6.07) is 4.22. The van der Waals surface area contributed by atoms with Crippen LogP contribution in [-0.4, -0.2) is 12.1 Å². The summed E-state index contributed by atoms with van der Waals surface area (Å²) in [4.78, 5) is 13.7. The first-order valence-electron chi connectivity index (χ1n) is 5.47. The molecule has 1 aromatic heterocycles. The second-order valence-electron chi connectivity index (χ2n) is 3.97. The van der Waals surface area contributed by atoms with Crippen LogP contribution in [0.1, 0.15) is 5.56 Å². The average Bonchev–Trinajstić information content (AvgIpc) is 2.37. The minimum atomic E-state index is -4.56. The maximum atomic E-state index is 13.0. The maximum absolute atomic E-state index is 13.0. The molecular formula is C13H9ClF3NO2. The molecule has 0 bridgehead atoms. The van der Waals surface area contributed by atoms with Gasteiger partial charge in [-0.05, 0) is 23.8 Å². The van der Waals surface area contributed by atoms with Crippen molar-refractivity contribution in [1.82, 2.24) is 4.98 Å². The van der Waals surface area contributed by atoms with Crippen LogP contribution in [0.5, 0.6) is 5.75 Å². The van der Waals surface area contributed by atoms with E-state index in [0.29, 0.717) is 0 Å². The zero-order valence-corrected chi connectivity index (χ0v) is 11.0. The van der Waals surface area contributed by atoms with Gasteiger partial charge >= 0.3 is 6.18 Å². The largest absolute Gasteiger partial charge is 0.495 e. The Kier molecular flexibility index (Phi) is 3.76. The molecule has 1 aromatic carbocycles. The summed E-state index contributed by atoms with van der Waals surface area (Å²) in [6.45, 7) is 0. The van der Waals surface area contributed by atoms with Crippen LogP contribution in [0.15, 0.2) is 35.3 Å². The molecule has 2 aromatic rings. The van der Waals surface area contributed by atoms with Crippen molar-refractivity contribution in [3.8, 4) is 16.9 Å². The standard InChI is InChI=1S/C13H9ClF3NO2/c1-20-11-6-18-12(19)5-9(11)8-4-7(14)2-3-10(8)13(15,16)17/h2-6H,1H3,(H,18,19). The van der Waals surface area contributed by atoms with Gasteiger partial charge in [0.1, 0.15) is 5.75 Å². The topological polar surface area (TPSA) is 42.1 Å². The van der Waals surface area contributed by atoms with Crippen LogP contribution in [0.4, 0.5) is 13.2 Å². The van der Waals surface area contributed by atoms with Crippen molar-refractivity contribution in [3.05, 3.63) is 51.4 Å². The summed E-state index contributed by atoms with van der Waals surface area (Å²) < 4.78 is 44.1. The van der Waals surface area contributed by atoms with E-state index in [2.05, 4.69) is 4.98 Å². The summed E-state index contributed by atoms with van der Waals surface area (Å²) in [6.07, 6.45) is -3.35. The van der Waals surface area contributed by atoms with Gasteiger partial charge in [0.05, 0.1) is 12.7 Å². The third kappa shape index (κ3) is 2.80. The van der Waals surface area contributed by atoms with E-state index < -0.39 is 17.3 Å². The number of aromatic amines is 1. The molecular weight excluding hydrogens is 295 g/mol. The Morgan fingerprint density at radius 2 is 1.90 bits per heavy atom. The summed E-state index contributed by atoms with van der Waals surface area (Å²) >= 11 is 5.76. The molecule has 0 unspecified atom stereocenters. The highest BCUT2D eigenvalue weighted by atomic mass is 35.5. The molecule has 7 heteroatoms. The molecule has 0 spiro atoms. The third-order valence-corrected chi connectivity index (χ3v) is 2.92. The SMILES string of the molecule is COc1c[nH]c(=O)cc1-c1cc(Cl)ccc1C(F)(F)F. The lowest BCUT2D eigenvalue weighted by Crippen LogP contribution is -2.10. The highest BCUT2D eigenvalue weighted by molar-refractivity contribution is 6.30. The van der Waals surface area contributed by atoms with Crippen LogP contribution >= 0.6 is 11.6 Å². The van der Waals surface area contributed by atoms with Gasteiger partial charge < -0.3 is 9.72 Å². The minimum Gasteiger partial charge on any atom is -0.495 e. The Morgan fingerprint density at radius 3 is 2.50 bits per heavy atom. The Hall–Kier alpha value is -1.95. The molecule has 106 valence electrons. The van der Waals surface area contributed by atoms with E-state index in [1.54, 1.807) is 0 Å². The van der Waals surface area contributed by atoms with Crippen molar-refractivity contribution < 1.29 is 17.9 Å². The Morgan fingerprint density at radius 1 is 1.20 bits per heavy atom. The van der Waals surface area contributed by atoms with E-state index in [9.17, 15) is 18.0 Å². The lowest BCUT2D eigenvalue weighted by molar-refractivity contribution is -0.137. The lowest BCUT2D eigenvalue weighted by atomic mass is 9.99. The Balaban J connectivity index is 2.78. The summed E-state index contributed by atoms with van der Waals surface area (Å²) in [5.41, 5.74) is -1.58. The third-order valence-electron chi connectivity index (χ3n) is 2.68. The molecule has 0 saturated carbocycles. The predicted molar refractivity (Wildman–Crippen MR) is 69.1 cm³/mol. The Bertz CT molecular complexity index is 695. The van der Waals surface area contributed by atoms with Crippen molar-refractivity contribution in [2.45, 2.75) is 6.18 Å². The summed E-state index contributed by atoms with van der Waals surface area (Å²) in [5, 5.41) is 0.135. The number of aromatic nitrogens is 1. The van der Waals surface area contributed by atoms with Gasteiger partial charge in [-0.15, -0.1) is 0 Å². The number of benzene rings is 1. The molecule has 0 atom stereocenters. The second kappa shape index (κ2) is 5.20. The number of hydrogen-bond acceptors (Lipinski definition) is 2. The quantitative estimate of drug-likeness (QED) is 0.918.